The molecule has 9 nitrogen and oxygen atoms in total. The monoisotopic (exact) mass is 667 g/mol. The third-order valence-corrected chi connectivity index (χ3v) is 12.6. The molecule has 11 heteroatoms. The fourth-order valence-electron chi connectivity index (χ4n) is 7.74. The number of anilines is 1. The molecule has 7 rings (SSSR count). The van der Waals surface area contributed by atoms with Crippen LogP contribution in [0.1, 0.15) is 60.0 Å². The molecule has 1 N–H and O–H groups in total. The molecule has 3 aliphatic heterocycles. The lowest BCUT2D eigenvalue weighted by atomic mass is 9.68. The molecule has 1 saturated carbocycles. The van der Waals surface area contributed by atoms with Gasteiger partial charge in [-0.05, 0) is 98.2 Å². The number of carbonyl (C=O) groups is 2. The average Bonchev–Trinajstić information content (AvgIpc) is 3.13. The van der Waals surface area contributed by atoms with E-state index >= 15 is 0 Å². The van der Waals surface area contributed by atoms with Gasteiger partial charge in [0, 0.05) is 36.2 Å². The van der Waals surface area contributed by atoms with Gasteiger partial charge in [0.05, 0.1) is 43.3 Å². The lowest BCUT2D eigenvalue weighted by Gasteiger charge is -2.46. The van der Waals surface area contributed by atoms with E-state index in [1.165, 1.54) is 11.1 Å². The summed E-state index contributed by atoms with van der Waals surface area (Å²) in [4.78, 5) is 28.9. The van der Waals surface area contributed by atoms with E-state index in [1.54, 1.807) is 13.2 Å². The maximum Gasteiger partial charge on any atom is 0.286 e. The Morgan fingerprint density at radius 3 is 2.80 bits per heavy atom. The predicted molar refractivity (Wildman–Crippen MR) is 178 cm³/mol. The first-order valence-corrected chi connectivity index (χ1v) is 18.5. The lowest BCUT2D eigenvalue weighted by molar-refractivity contribution is -0.136. The number of fused-ring (bicyclic) bond motifs is 4. The Morgan fingerprint density at radius 1 is 1.17 bits per heavy atom. The van der Waals surface area contributed by atoms with Crippen LogP contribution in [0.25, 0.3) is 0 Å². The van der Waals surface area contributed by atoms with Gasteiger partial charge >= 0.3 is 0 Å². The molecule has 1 unspecified atom stereocenters. The summed E-state index contributed by atoms with van der Waals surface area (Å²) in [6, 6.07) is 11.6. The first kappa shape index (κ1) is 31.7. The highest BCUT2D eigenvalue weighted by atomic mass is 35.5. The van der Waals surface area contributed by atoms with Crippen LogP contribution in [0, 0.1) is 17.8 Å². The Bertz CT molecular complexity index is 1670. The van der Waals surface area contributed by atoms with Gasteiger partial charge in [0.2, 0.25) is 5.91 Å². The first-order valence-electron chi connectivity index (χ1n) is 16.4. The van der Waals surface area contributed by atoms with E-state index in [4.69, 9.17) is 25.8 Å². The zero-order chi connectivity index (χ0) is 31.9. The summed E-state index contributed by atoms with van der Waals surface area (Å²) in [5, 5.41) is 0.746. The second-order valence-electron chi connectivity index (χ2n) is 13.5. The number of allylic oxidation sites excluding steroid dienone is 1. The van der Waals surface area contributed by atoms with Gasteiger partial charge in [-0.15, -0.1) is 4.36 Å². The molecule has 2 aromatic rings. The van der Waals surface area contributed by atoms with Gasteiger partial charge < -0.3 is 19.1 Å². The number of nitrogens with one attached hydrogen (secondary N) is 1. The number of carbonyl (C=O) groups excluding carboxylic acids is 2. The van der Waals surface area contributed by atoms with E-state index in [1.807, 2.05) is 18.2 Å². The Balaban J connectivity index is 1.29. The minimum atomic E-state index is -3.36. The number of rotatable bonds is 3. The summed E-state index contributed by atoms with van der Waals surface area (Å²) in [6.45, 7) is 2.60. The van der Waals surface area contributed by atoms with Crippen molar-refractivity contribution in [2.75, 3.05) is 50.7 Å². The van der Waals surface area contributed by atoms with Gasteiger partial charge in [-0.1, -0.05) is 29.8 Å². The third-order valence-electron chi connectivity index (χ3n) is 10.5. The number of ether oxygens (including phenoxy) is 3. The van der Waals surface area contributed by atoms with Gasteiger partial charge in [0.15, 0.2) is 0 Å². The van der Waals surface area contributed by atoms with Crippen molar-refractivity contribution in [1.82, 2.24) is 4.72 Å². The number of amides is 2. The fraction of sp³-hybridized carbons (Fsp3) is 0.543. The van der Waals surface area contributed by atoms with Crippen molar-refractivity contribution in [3.8, 4) is 5.75 Å². The number of benzene rings is 2. The van der Waals surface area contributed by atoms with Crippen LogP contribution in [0.3, 0.4) is 0 Å². The van der Waals surface area contributed by atoms with Crippen LogP contribution in [0.2, 0.25) is 5.02 Å². The fourth-order valence-corrected chi connectivity index (χ4v) is 9.59. The van der Waals surface area contributed by atoms with Crippen LogP contribution in [0.4, 0.5) is 5.69 Å². The van der Waals surface area contributed by atoms with Crippen molar-refractivity contribution in [3.05, 3.63) is 70.3 Å². The molecule has 0 radical (unpaired) electrons. The molecule has 2 aromatic carbocycles. The minimum Gasteiger partial charge on any atom is -0.490 e. The van der Waals surface area contributed by atoms with Crippen molar-refractivity contribution in [1.29, 1.82) is 0 Å². The van der Waals surface area contributed by atoms with Crippen molar-refractivity contribution < 1.29 is 28.0 Å². The third kappa shape index (κ3) is 6.21. The molecule has 1 saturated heterocycles. The number of hydrogen-bond donors (Lipinski definition) is 1. The quantitative estimate of drug-likeness (QED) is 0.432. The van der Waals surface area contributed by atoms with Crippen LogP contribution >= 0.6 is 11.6 Å². The van der Waals surface area contributed by atoms with Crippen LogP contribution in [-0.4, -0.2) is 67.9 Å². The SMILES string of the molecule is CO[C@H]1/C=C\CCCS(=O)(NC(=O)C2COC2)=NC(=O)c2ccc3c(c2)N(C[C@@H]2CC[C@H]21)C[C@@]1(CCCc2cc(Cl)ccc21)CO3. The number of hydrogen-bond acceptors (Lipinski definition) is 7. The number of nitrogens with zero attached hydrogens (tertiary/aromatic N) is 2. The molecule has 1 spiro atoms. The van der Waals surface area contributed by atoms with Crippen LogP contribution in [0.5, 0.6) is 5.75 Å². The summed E-state index contributed by atoms with van der Waals surface area (Å²) >= 11 is 6.43. The maximum absolute atomic E-state index is 14.0. The van der Waals surface area contributed by atoms with E-state index in [9.17, 15) is 13.8 Å². The number of halogens is 1. The molecular formula is C35H42ClN3O6S. The summed E-state index contributed by atoms with van der Waals surface area (Å²) in [7, 11) is -1.60. The summed E-state index contributed by atoms with van der Waals surface area (Å²) in [6.07, 6.45) is 10.5. The highest BCUT2D eigenvalue weighted by molar-refractivity contribution is 7.92. The number of methoxy groups -OCH3 is 1. The molecule has 0 aromatic heterocycles. The Hall–Kier alpha value is -2.92. The molecular weight excluding hydrogens is 626 g/mol. The second-order valence-corrected chi connectivity index (χ2v) is 16.0. The second kappa shape index (κ2) is 12.9. The van der Waals surface area contributed by atoms with E-state index in [0.29, 0.717) is 42.6 Å². The van der Waals surface area contributed by atoms with Gasteiger partial charge in [-0.2, -0.15) is 0 Å². The van der Waals surface area contributed by atoms with Gasteiger partial charge in [-0.25, -0.2) is 4.21 Å². The normalized spacial score (nSPS) is 32.0. The molecule has 5 aliphatic rings. The zero-order valence-corrected chi connectivity index (χ0v) is 27.8. The molecule has 5 atom stereocenters. The highest BCUT2D eigenvalue weighted by Gasteiger charge is 2.44. The van der Waals surface area contributed by atoms with Gasteiger partial charge in [0.1, 0.15) is 15.7 Å². The largest absolute Gasteiger partial charge is 0.490 e. The van der Waals surface area contributed by atoms with Crippen LogP contribution < -0.4 is 14.4 Å². The van der Waals surface area contributed by atoms with Crippen molar-refractivity contribution in [2.24, 2.45) is 22.1 Å². The van der Waals surface area contributed by atoms with Gasteiger partial charge in [0.25, 0.3) is 5.91 Å². The van der Waals surface area contributed by atoms with Crippen molar-refractivity contribution in [2.45, 2.75) is 56.5 Å². The minimum absolute atomic E-state index is 0.0267. The smallest absolute Gasteiger partial charge is 0.286 e. The van der Waals surface area contributed by atoms with E-state index in [-0.39, 0.29) is 36.4 Å². The molecule has 2 aliphatic carbocycles. The molecule has 2 fully saturated rings. The van der Waals surface area contributed by atoms with Crippen LogP contribution in [0.15, 0.2) is 52.9 Å². The highest BCUT2D eigenvalue weighted by Crippen LogP contribution is 2.47. The Kier molecular flexibility index (Phi) is 8.91. The summed E-state index contributed by atoms with van der Waals surface area (Å²) < 4.78 is 38.6. The van der Waals surface area contributed by atoms with Gasteiger partial charge in [-0.3, -0.25) is 14.3 Å². The number of aryl methyl sites for hydroxylation is 1. The average molecular weight is 668 g/mol. The molecule has 46 heavy (non-hydrogen) atoms. The van der Waals surface area contributed by atoms with Crippen molar-refractivity contribution in [3.63, 3.8) is 0 Å². The van der Waals surface area contributed by atoms with Crippen LogP contribution in [-0.2, 0) is 36.0 Å². The van der Waals surface area contributed by atoms with E-state index in [0.717, 1.165) is 55.9 Å². The topological polar surface area (TPSA) is 107 Å². The van der Waals surface area contributed by atoms with Crippen molar-refractivity contribution >= 4 is 39.0 Å². The maximum atomic E-state index is 14.0. The first-order chi connectivity index (χ1) is 22.3. The van der Waals surface area contributed by atoms with E-state index in [2.05, 4.69) is 38.3 Å². The Labute approximate surface area is 276 Å². The predicted octanol–water partition coefficient (Wildman–Crippen LogP) is 5.49. The Morgan fingerprint density at radius 2 is 2.04 bits per heavy atom. The molecule has 246 valence electrons. The molecule has 2 bridgehead atoms. The lowest BCUT2D eigenvalue weighted by Crippen LogP contribution is -2.49. The molecule has 3 heterocycles. The summed E-state index contributed by atoms with van der Waals surface area (Å²) in [5.41, 5.74) is 3.47. The zero-order valence-electron chi connectivity index (χ0n) is 26.3. The summed E-state index contributed by atoms with van der Waals surface area (Å²) in [5.74, 6) is 0.169. The molecule has 2 amide bonds. The van der Waals surface area contributed by atoms with E-state index < -0.39 is 21.7 Å². The standard InChI is InChI=1S/C35H42ClN3O6S/c1-43-31-7-3-2-4-15-46(42,38-34(41)26-19-44-20-26)37-33(40)24-9-13-32-30(17-24)39(18-25-8-11-28(25)31)21-35(22-45-32)14-5-6-23-16-27(36)10-12-29(23)35/h3,7,9-10,12-13,16-17,25-26,28,31H,2,4-6,8,11,14-15,18-22H2,1H3,(H,37,38,40,41,42)/b7-3-/t25-,28+,31-,35-,46?/m0/s1.